The quantitative estimate of drug-likeness (QED) is 0.686. The van der Waals surface area contributed by atoms with Gasteiger partial charge in [-0.15, -0.1) is 11.3 Å². The summed E-state index contributed by atoms with van der Waals surface area (Å²) in [6, 6.07) is 6.52. The van der Waals surface area contributed by atoms with E-state index in [4.69, 9.17) is 5.10 Å². The molecule has 2 aromatic heterocycles. The summed E-state index contributed by atoms with van der Waals surface area (Å²) in [4.78, 5) is 17.7. The largest absolute Gasteiger partial charge is 0.346 e. The molecule has 152 valence electrons. The molecule has 1 aliphatic heterocycles. The first-order valence-corrected chi connectivity index (χ1v) is 11.4. The van der Waals surface area contributed by atoms with Crippen LogP contribution in [-0.4, -0.2) is 39.8 Å². The van der Waals surface area contributed by atoms with E-state index in [1.807, 2.05) is 28.4 Å². The van der Waals surface area contributed by atoms with Crippen molar-refractivity contribution in [2.75, 3.05) is 13.1 Å². The Morgan fingerprint density at radius 2 is 2.21 bits per heavy atom. The van der Waals surface area contributed by atoms with E-state index >= 15 is 0 Å². The highest BCUT2D eigenvalue weighted by molar-refractivity contribution is 7.13. The maximum absolute atomic E-state index is 13.2. The Balaban J connectivity index is 1.48. The molecule has 1 unspecified atom stereocenters. The molecular weight excluding hydrogens is 382 g/mol. The Bertz CT molecular complexity index is 1030. The zero-order chi connectivity index (χ0) is 20.0. The third kappa shape index (κ3) is 3.36. The molecule has 0 spiro atoms. The Morgan fingerprint density at radius 1 is 1.31 bits per heavy atom. The molecule has 5 rings (SSSR count). The molecule has 2 fully saturated rings. The Morgan fingerprint density at radius 3 is 2.93 bits per heavy atom. The molecule has 1 saturated heterocycles. The third-order valence-electron chi connectivity index (χ3n) is 6.46. The molecule has 1 aliphatic carbocycles. The highest BCUT2D eigenvalue weighted by Gasteiger charge is 2.39. The van der Waals surface area contributed by atoms with E-state index in [0.29, 0.717) is 11.6 Å². The van der Waals surface area contributed by atoms with Crippen molar-refractivity contribution in [3.63, 3.8) is 0 Å². The van der Waals surface area contributed by atoms with Crippen LogP contribution in [0.5, 0.6) is 0 Å². The van der Waals surface area contributed by atoms with Crippen LogP contribution in [0.25, 0.3) is 21.5 Å². The van der Waals surface area contributed by atoms with Gasteiger partial charge in [0.25, 0.3) is 5.91 Å². The smallest absolute Gasteiger partial charge is 0.272 e. The van der Waals surface area contributed by atoms with E-state index in [-0.39, 0.29) is 18.0 Å². The van der Waals surface area contributed by atoms with E-state index < -0.39 is 0 Å². The normalized spacial score (nSPS) is 24.2. The van der Waals surface area contributed by atoms with E-state index in [9.17, 15) is 4.79 Å². The van der Waals surface area contributed by atoms with Crippen LogP contribution in [0, 0.1) is 11.8 Å². The fraction of sp³-hybridized carbons (Fsp3) is 0.500. The van der Waals surface area contributed by atoms with Gasteiger partial charge in [-0.2, -0.15) is 5.10 Å². The fourth-order valence-electron chi connectivity index (χ4n) is 4.77. The van der Waals surface area contributed by atoms with Gasteiger partial charge in [0.15, 0.2) is 5.69 Å². The van der Waals surface area contributed by atoms with Crippen molar-refractivity contribution < 1.29 is 4.79 Å². The summed E-state index contributed by atoms with van der Waals surface area (Å²) < 4.78 is 1.96. The van der Waals surface area contributed by atoms with Gasteiger partial charge in [-0.1, -0.05) is 6.07 Å². The summed E-state index contributed by atoms with van der Waals surface area (Å²) in [6.45, 7) is 6.10. The van der Waals surface area contributed by atoms with Crippen LogP contribution in [0.15, 0.2) is 29.8 Å². The standard InChI is InChI=1S/C22H27N5OS/c1-13(2)27-19-11-15(22-24-9-10-29-22)4-6-17(19)20(26-27)21(28)25-18-12-23-8-7-14-3-5-16(14)18/h4,6,9-11,13-14,16,18,23H,3,5,7-8,12H2,1-2H3,(H,25,28)/t14?,16-,18+/m0/s1. The summed E-state index contributed by atoms with van der Waals surface area (Å²) in [5.41, 5.74) is 2.57. The average Bonchev–Trinajstić information content (AvgIpc) is 3.31. The molecule has 7 heteroatoms. The van der Waals surface area contributed by atoms with Gasteiger partial charge >= 0.3 is 0 Å². The summed E-state index contributed by atoms with van der Waals surface area (Å²) in [7, 11) is 0. The molecule has 3 atom stereocenters. The first kappa shape index (κ1) is 18.8. The number of hydrogen-bond acceptors (Lipinski definition) is 5. The van der Waals surface area contributed by atoms with Gasteiger partial charge < -0.3 is 10.6 Å². The molecule has 3 heterocycles. The summed E-state index contributed by atoms with van der Waals surface area (Å²) in [6.07, 6.45) is 5.55. The molecule has 6 nitrogen and oxygen atoms in total. The Hall–Kier alpha value is -2.25. The number of hydrogen-bond donors (Lipinski definition) is 2. The highest BCUT2D eigenvalue weighted by Crippen LogP contribution is 2.40. The van der Waals surface area contributed by atoms with E-state index in [1.165, 1.54) is 19.3 Å². The number of fused-ring (bicyclic) bond motifs is 2. The average molecular weight is 410 g/mol. The van der Waals surface area contributed by atoms with Crippen LogP contribution >= 0.6 is 11.3 Å². The van der Waals surface area contributed by atoms with Crippen LogP contribution < -0.4 is 10.6 Å². The number of nitrogens with one attached hydrogen (secondary N) is 2. The van der Waals surface area contributed by atoms with Crippen LogP contribution in [0.3, 0.4) is 0 Å². The zero-order valence-corrected chi connectivity index (χ0v) is 17.7. The summed E-state index contributed by atoms with van der Waals surface area (Å²) in [5, 5.41) is 15.4. The lowest BCUT2D eigenvalue weighted by Gasteiger charge is -2.40. The van der Waals surface area contributed by atoms with Crippen molar-refractivity contribution in [2.24, 2.45) is 11.8 Å². The Labute approximate surface area is 174 Å². The number of amides is 1. The summed E-state index contributed by atoms with van der Waals surface area (Å²) in [5.74, 6) is 1.29. The van der Waals surface area contributed by atoms with Crippen molar-refractivity contribution in [1.82, 2.24) is 25.4 Å². The summed E-state index contributed by atoms with van der Waals surface area (Å²) >= 11 is 1.62. The third-order valence-corrected chi connectivity index (χ3v) is 7.28. The molecule has 2 N–H and O–H groups in total. The second-order valence-electron chi connectivity index (χ2n) is 8.53. The number of carbonyl (C=O) groups is 1. The monoisotopic (exact) mass is 409 g/mol. The highest BCUT2D eigenvalue weighted by atomic mass is 32.1. The minimum Gasteiger partial charge on any atom is -0.346 e. The number of thiazole rings is 1. The van der Waals surface area contributed by atoms with Crippen LogP contribution in [0.1, 0.15) is 49.6 Å². The maximum atomic E-state index is 13.2. The van der Waals surface area contributed by atoms with Gasteiger partial charge in [0.2, 0.25) is 0 Å². The maximum Gasteiger partial charge on any atom is 0.272 e. The van der Waals surface area contributed by atoms with Crippen molar-refractivity contribution in [1.29, 1.82) is 0 Å². The van der Waals surface area contributed by atoms with Crippen molar-refractivity contribution in [3.8, 4) is 10.6 Å². The Kier molecular flexibility index (Phi) is 4.87. The van der Waals surface area contributed by atoms with Gasteiger partial charge in [0.05, 0.1) is 5.52 Å². The molecule has 29 heavy (non-hydrogen) atoms. The topological polar surface area (TPSA) is 71.8 Å². The van der Waals surface area contributed by atoms with Gasteiger partial charge in [-0.25, -0.2) is 4.98 Å². The van der Waals surface area contributed by atoms with Crippen LogP contribution in [0.4, 0.5) is 0 Å². The van der Waals surface area contributed by atoms with Crippen molar-refractivity contribution in [3.05, 3.63) is 35.5 Å². The molecular formula is C22H27N5OS. The molecule has 0 bridgehead atoms. The molecule has 2 aliphatic rings. The van der Waals surface area contributed by atoms with E-state index in [2.05, 4.69) is 35.5 Å². The number of nitrogens with zero attached hydrogens (tertiary/aromatic N) is 3. The van der Waals surface area contributed by atoms with E-state index in [0.717, 1.165) is 40.5 Å². The number of carbonyl (C=O) groups excluding carboxylic acids is 1. The number of rotatable bonds is 4. The van der Waals surface area contributed by atoms with Crippen LogP contribution in [-0.2, 0) is 0 Å². The predicted octanol–water partition coefficient (Wildman–Crippen LogP) is 3.86. The lowest BCUT2D eigenvalue weighted by Crippen LogP contribution is -2.49. The van der Waals surface area contributed by atoms with Gasteiger partial charge in [0.1, 0.15) is 5.01 Å². The molecule has 1 aromatic carbocycles. The first-order valence-electron chi connectivity index (χ1n) is 10.6. The van der Waals surface area contributed by atoms with Gasteiger partial charge in [-0.3, -0.25) is 9.48 Å². The lowest BCUT2D eigenvalue weighted by atomic mass is 9.69. The lowest BCUT2D eigenvalue weighted by molar-refractivity contribution is 0.0843. The number of benzene rings is 1. The second-order valence-corrected chi connectivity index (χ2v) is 9.42. The van der Waals surface area contributed by atoms with Gasteiger partial charge in [0, 0.05) is 41.2 Å². The number of aromatic nitrogens is 3. The minimum absolute atomic E-state index is 0.0595. The van der Waals surface area contributed by atoms with Crippen molar-refractivity contribution in [2.45, 2.75) is 45.2 Å². The molecule has 0 radical (unpaired) electrons. The second kappa shape index (κ2) is 7.54. The SMILES string of the molecule is CC(C)n1nc(C(=O)N[C@@H]2CNCCC3CC[C@@H]32)c2ccc(-c3nccs3)cc21. The fourth-order valence-corrected chi connectivity index (χ4v) is 5.41. The minimum atomic E-state index is -0.0595. The van der Waals surface area contributed by atoms with Crippen LogP contribution in [0.2, 0.25) is 0 Å². The molecule has 1 amide bonds. The molecule has 1 saturated carbocycles. The zero-order valence-electron chi connectivity index (χ0n) is 16.9. The predicted molar refractivity (Wildman–Crippen MR) is 116 cm³/mol. The van der Waals surface area contributed by atoms with E-state index in [1.54, 1.807) is 11.3 Å². The first-order chi connectivity index (χ1) is 14.1. The van der Waals surface area contributed by atoms with Gasteiger partial charge in [-0.05, 0) is 63.6 Å². The van der Waals surface area contributed by atoms with Crippen molar-refractivity contribution >= 4 is 28.1 Å². The molecule has 3 aromatic rings.